The van der Waals surface area contributed by atoms with E-state index in [0.29, 0.717) is 23.2 Å². The summed E-state index contributed by atoms with van der Waals surface area (Å²) in [6, 6.07) is 0. The average Bonchev–Trinajstić information content (AvgIpc) is 3.01. The average molecular weight is 272 g/mol. The normalized spacial score (nSPS) is 11.2. The van der Waals surface area contributed by atoms with Crippen LogP contribution in [0.1, 0.15) is 25.0 Å². The van der Waals surface area contributed by atoms with Gasteiger partial charge in [-0.2, -0.15) is 14.6 Å². The number of imidazole rings is 1. The van der Waals surface area contributed by atoms with Crippen molar-refractivity contribution < 1.29 is 0 Å². The van der Waals surface area contributed by atoms with Crippen molar-refractivity contribution in [1.29, 1.82) is 0 Å². The Labute approximate surface area is 115 Å². The first-order valence-electron chi connectivity index (χ1n) is 6.54. The number of rotatable bonds is 4. The maximum absolute atomic E-state index is 4.52. The molecule has 0 atom stereocenters. The van der Waals surface area contributed by atoms with E-state index >= 15 is 0 Å². The van der Waals surface area contributed by atoms with Crippen LogP contribution in [-0.2, 0) is 0 Å². The SMILES string of the molecule is CCCNc1nc(-n2nc(C)nc2C)c2[nH]cnc2n1. The molecule has 0 unspecified atom stereocenters. The van der Waals surface area contributed by atoms with Crippen LogP contribution in [0.5, 0.6) is 0 Å². The minimum atomic E-state index is 0.550. The fraction of sp³-hybridized carbons (Fsp3) is 0.417. The third-order valence-electron chi connectivity index (χ3n) is 2.88. The van der Waals surface area contributed by atoms with Crippen LogP contribution in [0.2, 0.25) is 0 Å². The van der Waals surface area contributed by atoms with Gasteiger partial charge in [0.05, 0.1) is 6.33 Å². The molecule has 0 aliphatic heterocycles. The van der Waals surface area contributed by atoms with E-state index in [4.69, 9.17) is 0 Å². The Kier molecular flexibility index (Phi) is 3.05. The Morgan fingerprint density at radius 1 is 1.25 bits per heavy atom. The van der Waals surface area contributed by atoms with E-state index < -0.39 is 0 Å². The van der Waals surface area contributed by atoms with E-state index in [1.807, 2.05) is 13.8 Å². The van der Waals surface area contributed by atoms with Gasteiger partial charge in [0.2, 0.25) is 5.95 Å². The monoisotopic (exact) mass is 272 g/mol. The third-order valence-corrected chi connectivity index (χ3v) is 2.88. The lowest BCUT2D eigenvalue weighted by atomic mass is 10.4. The lowest BCUT2D eigenvalue weighted by molar-refractivity contribution is 0.804. The summed E-state index contributed by atoms with van der Waals surface area (Å²) < 4.78 is 1.70. The molecule has 0 aliphatic rings. The summed E-state index contributed by atoms with van der Waals surface area (Å²) in [5, 5.41) is 7.55. The Morgan fingerprint density at radius 3 is 2.80 bits per heavy atom. The molecule has 0 aliphatic carbocycles. The van der Waals surface area contributed by atoms with Crippen molar-refractivity contribution >= 4 is 17.1 Å². The third kappa shape index (κ3) is 2.09. The quantitative estimate of drug-likeness (QED) is 0.744. The fourth-order valence-electron chi connectivity index (χ4n) is 2.01. The molecule has 0 fully saturated rings. The summed E-state index contributed by atoms with van der Waals surface area (Å²) in [7, 11) is 0. The summed E-state index contributed by atoms with van der Waals surface area (Å²) >= 11 is 0. The highest BCUT2D eigenvalue weighted by Crippen LogP contribution is 2.18. The Hall–Kier alpha value is -2.51. The lowest BCUT2D eigenvalue weighted by Gasteiger charge is -2.07. The van der Waals surface area contributed by atoms with Gasteiger partial charge in [-0.3, -0.25) is 0 Å². The summed E-state index contributed by atoms with van der Waals surface area (Å²) in [5.74, 6) is 2.69. The number of hydrogen-bond donors (Lipinski definition) is 2. The second-order valence-corrected chi connectivity index (χ2v) is 4.52. The van der Waals surface area contributed by atoms with E-state index in [-0.39, 0.29) is 0 Å². The number of aryl methyl sites for hydroxylation is 2. The maximum Gasteiger partial charge on any atom is 0.226 e. The van der Waals surface area contributed by atoms with Gasteiger partial charge in [-0.25, -0.2) is 9.97 Å². The van der Waals surface area contributed by atoms with Gasteiger partial charge in [0.25, 0.3) is 0 Å². The molecule has 104 valence electrons. The standard InChI is InChI=1S/C12H16N8/c1-4-5-13-12-17-10-9(14-6-15-10)11(18-12)20-8(3)16-7(2)19-20/h6H,4-5H2,1-3H3,(H2,13,14,15,17,18). The van der Waals surface area contributed by atoms with Gasteiger partial charge in [0.1, 0.15) is 17.2 Å². The zero-order chi connectivity index (χ0) is 14.1. The van der Waals surface area contributed by atoms with Crippen LogP contribution in [0.25, 0.3) is 17.0 Å². The van der Waals surface area contributed by atoms with Gasteiger partial charge >= 0.3 is 0 Å². The maximum atomic E-state index is 4.52. The van der Waals surface area contributed by atoms with E-state index in [0.717, 1.165) is 24.3 Å². The molecule has 0 amide bonds. The molecular formula is C12H16N8. The van der Waals surface area contributed by atoms with Crippen molar-refractivity contribution in [2.24, 2.45) is 0 Å². The predicted octanol–water partition coefficient (Wildman–Crippen LogP) is 1.37. The zero-order valence-electron chi connectivity index (χ0n) is 11.7. The van der Waals surface area contributed by atoms with Crippen LogP contribution in [0.3, 0.4) is 0 Å². The van der Waals surface area contributed by atoms with Crippen molar-refractivity contribution in [2.45, 2.75) is 27.2 Å². The van der Waals surface area contributed by atoms with Gasteiger partial charge in [-0.15, -0.1) is 5.10 Å². The predicted molar refractivity (Wildman–Crippen MR) is 74.9 cm³/mol. The molecule has 0 radical (unpaired) electrons. The fourth-order valence-corrected chi connectivity index (χ4v) is 2.01. The van der Waals surface area contributed by atoms with Crippen LogP contribution < -0.4 is 5.32 Å². The second kappa shape index (κ2) is 4.87. The number of fused-ring (bicyclic) bond motifs is 1. The summed E-state index contributed by atoms with van der Waals surface area (Å²) in [6.45, 7) is 6.64. The van der Waals surface area contributed by atoms with Gasteiger partial charge in [0.15, 0.2) is 11.5 Å². The van der Waals surface area contributed by atoms with Gasteiger partial charge in [0, 0.05) is 6.54 Å². The topological polar surface area (TPSA) is 97.2 Å². The van der Waals surface area contributed by atoms with Crippen molar-refractivity contribution in [2.75, 3.05) is 11.9 Å². The zero-order valence-corrected chi connectivity index (χ0v) is 11.7. The van der Waals surface area contributed by atoms with Crippen molar-refractivity contribution in [1.82, 2.24) is 34.7 Å². The Balaban J connectivity index is 2.17. The largest absolute Gasteiger partial charge is 0.354 e. The Morgan fingerprint density at radius 2 is 2.10 bits per heavy atom. The van der Waals surface area contributed by atoms with E-state index in [1.54, 1.807) is 11.0 Å². The summed E-state index contributed by atoms with van der Waals surface area (Å²) in [5.41, 5.74) is 1.36. The van der Waals surface area contributed by atoms with E-state index in [2.05, 4.69) is 42.3 Å². The number of aromatic amines is 1. The first kappa shape index (κ1) is 12.5. The number of nitrogens with zero attached hydrogens (tertiary/aromatic N) is 6. The van der Waals surface area contributed by atoms with Crippen LogP contribution >= 0.6 is 0 Å². The molecule has 0 bridgehead atoms. The Bertz CT molecular complexity index is 741. The summed E-state index contributed by atoms with van der Waals surface area (Å²) in [4.78, 5) is 20.5. The molecule has 0 spiro atoms. The molecule has 8 nitrogen and oxygen atoms in total. The highest BCUT2D eigenvalue weighted by molar-refractivity contribution is 5.79. The van der Waals surface area contributed by atoms with Crippen molar-refractivity contribution in [3.05, 3.63) is 18.0 Å². The number of anilines is 1. The number of H-pyrrole nitrogens is 1. The van der Waals surface area contributed by atoms with Crippen molar-refractivity contribution in [3.63, 3.8) is 0 Å². The first-order valence-corrected chi connectivity index (χ1v) is 6.54. The molecule has 3 aromatic rings. The van der Waals surface area contributed by atoms with Crippen LogP contribution in [0.15, 0.2) is 6.33 Å². The lowest BCUT2D eigenvalue weighted by Crippen LogP contribution is -2.09. The highest BCUT2D eigenvalue weighted by Gasteiger charge is 2.15. The van der Waals surface area contributed by atoms with E-state index in [1.165, 1.54) is 0 Å². The molecule has 2 N–H and O–H groups in total. The summed E-state index contributed by atoms with van der Waals surface area (Å²) in [6.07, 6.45) is 2.60. The second-order valence-electron chi connectivity index (χ2n) is 4.52. The molecule has 0 saturated carbocycles. The minimum absolute atomic E-state index is 0.550. The first-order chi connectivity index (χ1) is 9.69. The molecule has 3 rings (SSSR count). The highest BCUT2D eigenvalue weighted by atomic mass is 15.4. The molecule has 8 heteroatoms. The van der Waals surface area contributed by atoms with Gasteiger partial charge in [-0.05, 0) is 20.3 Å². The molecule has 3 aromatic heterocycles. The molecule has 0 saturated heterocycles. The molecular weight excluding hydrogens is 256 g/mol. The van der Waals surface area contributed by atoms with Crippen LogP contribution in [0, 0.1) is 13.8 Å². The van der Waals surface area contributed by atoms with Crippen LogP contribution in [0.4, 0.5) is 5.95 Å². The number of nitrogens with one attached hydrogen (secondary N) is 2. The number of hydrogen-bond acceptors (Lipinski definition) is 6. The van der Waals surface area contributed by atoms with E-state index in [9.17, 15) is 0 Å². The number of aromatic nitrogens is 7. The van der Waals surface area contributed by atoms with Crippen LogP contribution in [-0.4, -0.2) is 41.2 Å². The molecule has 20 heavy (non-hydrogen) atoms. The molecule has 0 aromatic carbocycles. The minimum Gasteiger partial charge on any atom is -0.354 e. The van der Waals surface area contributed by atoms with Gasteiger partial charge in [-0.1, -0.05) is 6.92 Å². The van der Waals surface area contributed by atoms with Gasteiger partial charge < -0.3 is 10.3 Å². The smallest absolute Gasteiger partial charge is 0.226 e. The van der Waals surface area contributed by atoms with Crippen molar-refractivity contribution in [3.8, 4) is 5.82 Å². The molecule has 3 heterocycles.